The molecule has 226 valence electrons. The van der Waals surface area contributed by atoms with Crippen LogP contribution in [0.5, 0.6) is 28.7 Å². The lowest BCUT2D eigenvalue weighted by Gasteiger charge is -2.14. The van der Waals surface area contributed by atoms with Gasteiger partial charge in [0.05, 0.1) is 40.2 Å². The Morgan fingerprint density at radius 1 is 0.682 bits per heavy atom. The number of esters is 1. The molecule has 44 heavy (non-hydrogen) atoms. The number of benzene rings is 4. The number of hydrazone groups is 1. The second-order valence-electron chi connectivity index (χ2n) is 8.95. The molecule has 0 saturated heterocycles. The van der Waals surface area contributed by atoms with Crippen molar-refractivity contribution in [1.82, 2.24) is 5.43 Å². The molecule has 0 spiro atoms. The van der Waals surface area contributed by atoms with Gasteiger partial charge in [-0.25, -0.2) is 10.2 Å². The predicted molar refractivity (Wildman–Crippen MR) is 165 cm³/mol. The summed E-state index contributed by atoms with van der Waals surface area (Å²) in [5.74, 6) is -0.163. The highest BCUT2D eigenvalue weighted by Crippen LogP contribution is 2.39. The number of rotatable bonds is 11. The summed E-state index contributed by atoms with van der Waals surface area (Å²) in [6.07, 6.45) is 1.40. The zero-order chi connectivity index (χ0) is 31.6. The summed E-state index contributed by atoms with van der Waals surface area (Å²) in [7, 11) is 5.77. The van der Waals surface area contributed by atoms with E-state index in [4.69, 9.17) is 35.3 Å². The monoisotopic (exact) mass is 617 g/mol. The highest BCUT2D eigenvalue weighted by molar-refractivity contribution is 6.30. The van der Waals surface area contributed by atoms with Crippen LogP contribution in [0.4, 0.5) is 5.69 Å². The first-order valence-corrected chi connectivity index (χ1v) is 13.3. The minimum Gasteiger partial charge on any atom is -0.493 e. The van der Waals surface area contributed by atoms with E-state index in [0.717, 1.165) is 0 Å². The first kappa shape index (κ1) is 31.4. The fourth-order valence-corrected chi connectivity index (χ4v) is 4.11. The SMILES string of the molecule is COc1cc(C=NNC(=O)c2cccc(NC(=O)c3ccc(Cl)cc3)c2)ccc1OC(=O)c1cc(OC)c(OC)c(OC)c1. The fraction of sp³-hybridized carbons (Fsp3) is 0.125. The third-order valence-electron chi connectivity index (χ3n) is 6.16. The van der Waals surface area contributed by atoms with Crippen molar-refractivity contribution < 1.29 is 38.1 Å². The molecule has 11 nitrogen and oxygen atoms in total. The van der Waals surface area contributed by atoms with Crippen molar-refractivity contribution in [2.75, 3.05) is 33.8 Å². The lowest BCUT2D eigenvalue weighted by atomic mass is 10.1. The molecule has 0 aromatic heterocycles. The van der Waals surface area contributed by atoms with E-state index in [2.05, 4.69) is 15.8 Å². The Labute approximate surface area is 258 Å². The van der Waals surface area contributed by atoms with Gasteiger partial charge in [0, 0.05) is 21.8 Å². The number of halogens is 1. The molecule has 12 heteroatoms. The zero-order valence-corrected chi connectivity index (χ0v) is 24.9. The van der Waals surface area contributed by atoms with Crippen LogP contribution in [0.1, 0.15) is 36.6 Å². The average Bonchev–Trinajstić information content (AvgIpc) is 3.04. The Morgan fingerprint density at radius 2 is 1.36 bits per heavy atom. The minimum atomic E-state index is -0.678. The van der Waals surface area contributed by atoms with E-state index in [0.29, 0.717) is 39.1 Å². The maximum atomic E-state index is 12.9. The van der Waals surface area contributed by atoms with Crippen molar-refractivity contribution in [1.29, 1.82) is 0 Å². The molecule has 0 unspecified atom stereocenters. The predicted octanol–water partition coefficient (Wildman–Crippen LogP) is 5.61. The number of nitrogens with one attached hydrogen (secondary N) is 2. The molecule has 0 bridgehead atoms. The Kier molecular flexibility index (Phi) is 10.4. The third-order valence-corrected chi connectivity index (χ3v) is 6.41. The minimum absolute atomic E-state index is 0.157. The molecule has 0 aliphatic carbocycles. The van der Waals surface area contributed by atoms with Crippen LogP contribution in [0.25, 0.3) is 0 Å². The van der Waals surface area contributed by atoms with Crippen LogP contribution in [0.2, 0.25) is 5.02 Å². The molecular weight excluding hydrogens is 590 g/mol. The fourth-order valence-electron chi connectivity index (χ4n) is 3.98. The Hall–Kier alpha value is -5.55. The quantitative estimate of drug-likeness (QED) is 0.0960. The summed E-state index contributed by atoms with van der Waals surface area (Å²) < 4.78 is 26.8. The van der Waals surface area contributed by atoms with E-state index in [1.807, 2.05) is 0 Å². The van der Waals surface area contributed by atoms with Gasteiger partial charge in [0.15, 0.2) is 23.0 Å². The molecule has 0 radical (unpaired) electrons. The van der Waals surface area contributed by atoms with Gasteiger partial charge in [0.25, 0.3) is 11.8 Å². The van der Waals surface area contributed by atoms with Crippen LogP contribution in [0.3, 0.4) is 0 Å². The van der Waals surface area contributed by atoms with Crippen molar-refractivity contribution in [3.05, 3.63) is 106 Å². The number of ether oxygens (including phenoxy) is 5. The van der Waals surface area contributed by atoms with Crippen LogP contribution in [-0.2, 0) is 0 Å². The first-order valence-electron chi connectivity index (χ1n) is 13.0. The van der Waals surface area contributed by atoms with Gasteiger partial charge in [-0.15, -0.1) is 0 Å². The van der Waals surface area contributed by atoms with Crippen molar-refractivity contribution in [3.63, 3.8) is 0 Å². The number of nitrogens with zero attached hydrogens (tertiary/aromatic N) is 1. The van der Waals surface area contributed by atoms with Gasteiger partial charge in [0.1, 0.15) is 0 Å². The standard InChI is InChI=1S/C32H28ClN3O8/c1-40-26-14-19(8-13-25(26)44-32(39)22-16-27(41-2)29(43-4)28(17-22)42-3)18-34-36-31(38)21-6-5-7-24(15-21)35-30(37)20-9-11-23(33)12-10-20/h5-18H,1-4H3,(H,35,37)(H,36,38). The lowest BCUT2D eigenvalue weighted by Crippen LogP contribution is -2.18. The van der Waals surface area contributed by atoms with E-state index < -0.39 is 11.9 Å². The molecule has 2 amide bonds. The molecule has 0 atom stereocenters. The van der Waals surface area contributed by atoms with Crippen LogP contribution < -0.4 is 34.4 Å². The molecule has 4 rings (SSSR count). The van der Waals surface area contributed by atoms with E-state index in [9.17, 15) is 14.4 Å². The maximum absolute atomic E-state index is 12.9. The number of carbonyl (C=O) groups excluding carboxylic acids is 3. The topological polar surface area (TPSA) is 134 Å². The van der Waals surface area contributed by atoms with Crippen LogP contribution in [-0.4, -0.2) is 52.4 Å². The maximum Gasteiger partial charge on any atom is 0.343 e. The van der Waals surface area contributed by atoms with Crippen molar-refractivity contribution in [3.8, 4) is 28.7 Å². The second-order valence-corrected chi connectivity index (χ2v) is 9.39. The van der Waals surface area contributed by atoms with Gasteiger partial charge in [-0.2, -0.15) is 5.10 Å². The number of hydrogen-bond acceptors (Lipinski definition) is 9. The normalized spacial score (nSPS) is 10.6. The lowest BCUT2D eigenvalue weighted by molar-refractivity contribution is 0.0728. The van der Waals surface area contributed by atoms with Crippen LogP contribution in [0.15, 0.2) is 84.0 Å². The Bertz CT molecular complexity index is 1680. The van der Waals surface area contributed by atoms with Gasteiger partial charge in [0.2, 0.25) is 5.75 Å². The summed E-state index contributed by atoms with van der Waals surface area (Å²) in [4.78, 5) is 38.1. The van der Waals surface area contributed by atoms with E-state index in [-0.39, 0.29) is 28.5 Å². The number of methoxy groups -OCH3 is 4. The molecule has 0 heterocycles. The molecule has 4 aromatic rings. The Morgan fingerprint density at radius 3 is 2.00 bits per heavy atom. The van der Waals surface area contributed by atoms with Gasteiger partial charge >= 0.3 is 5.97 Å². The smallest absolute Gasteiger partial charge is 0.343 e. The van der Waals surface area contributed by atoms with Gasteiger partial charge in [-0.1, -0.05) is 17.7 Å². The van der Waals surface area contributed by atoms with Crippen LogP contribution in [0, 0.1) is 0 Å². The highest BCUT2D eigenvalue weighted by atomic mass is 35.5. The summed E-state index contributed by atoms with van der Waals surface area (Å²) >= 11 is 5.88. The number of anilines is 1. The molecule has 0 aliphatic heterocycles. The van der Waals surface area contributed by atoms with Crippen molar-refractivity contribution in [2.45, 2.75) is 0 Å². The first-order chi connectivity index (χ1) is 21.3. The molecular formula is C32H28ClN3O8. The Balaban J connectivity index is 1.40. The summed E-state index contributed by atoms with van der Waals surface area (Å²) in [6.45, 7) is 0. The molecule has 4 aromatic carbocycles. The highest BCUT2D eigenvalue weighted by Gasteiger charge is 2.20. The van der Waals surface area contributed by atoms with Gasteiger partial charge in [-0.05, 0) is 78.4 Å². The van der Waals surface area contributed by atoms with E-state index in [1.54, 1.807) is 54.6 Å². The molecule has 0 fully saturated rings. The average molecular weight is 618 g/mol. The van der Waals surface area contributed by atoms with E-state index >= 15 is 0 Å². The second kappa shape index (κ2) is 14.6. The number of hydrogen-bond donors (Lipinski definition) is 2. The summed E-state index contributed by atoms with van der Waals surface area (Å²) in [5, 5.41) is 7.27. The van der Waals surface area contributed by atoms with E-state index in [1.165, 1.54) is 58.9 Å². The van der Waals surface area contributed by atoms with Crippen LogP contribution >= 0.6 is 11.6 Å². The van der Waals surface area contributed by atoms with Crippen molar-refractivity contribution in [2.24, 2.45) is 5.10 Å². The van der Waals surface area contributed by atoms with Gasteiger partial charge < -0.3 is 29.0 Å². The van der Waals surface area contributed by atoms with Gasteiger partial charge in [-0.3, -0.25) is 9.59 Å². The molecule has 0 saturated carbocycles. The largest absolute Gasteiger partial charge is 0.493 e. The number of carbonyl (C=O) groups is 3. The third kappa shape index (κ3) is 7.64. The zero-order valence-electron chi connectivity index (χ0n) is 24.2. The summed E-state index contributed by atoms with van der Waals surface area (Å²) in [5.41, 5.74) is 4.31. The van der Waals surface area contributed by atoms with Crippen molar-refractivity contribution >= 4 is 41.3 Å². The number of amides is 2. The molecule has 2 N–H and O–H groups in total. The summed E-state index contributed by atoms with van der Waals surface area (Å²) in [6, 6.07) is 20.5. The molecule has 0 aliphatic rings.